The van der Waals surface area contributed by atoms with Gasteiger partial charge >= 0.3 is 5.97 Å². The van der Waals surface area contributed by atoms with E-state index in [-0.39, 0.29) is 28.9 Å². The summed E-state index contributed by atoms with van der Waals surface area (Å²) in [5.41, 5.74) is 2.42. The number of ether oxygens (including phenoxy) is 3. The second-order valence-electron chi connectivity index (χ2n) is 10.6. The number of carbonyl (C=O) groups is 1. The van der Waals surface area contributed by atoms with E-state index in [1.807, 2.05) is 44.2 Å². The number of aromatic nitrogens is 1. The largest absolute Gasteiger partial charge is 0.497 e. The molecule has 1 atom stereocenters. The quantitative estimate of drug-likeness (QED) is 0.197. The highest BCUT2D eigenvalue weighted by molar-refractivity contribution is 5.88. The molecule has 0 aliphatic carbocycles. The van der Waals surface area contributed by atoms with Gasteiger partial charge in [0, 0.05) is 23.6 Å². The van der Waals surface area contributed by atoms with E-state index in [9.17, 15) is 14.4 Å². The van der Waals surface area contributed by atoms with Gasteiger partial charge in [-0.1, -0.05) is 44.2 Å². The molecule has 8 heteroatoms. The zero-order valence-electron chi connectivity index (χ0n) is 24.3. The van der Waals surface area contributed by atoms with Crippen LogP contribution in [0.2, 0.25) is 0 Å². The van der Waals surface area contributed by atoms with Crippen molar-refractivity contribution in [2.45, 2.75) is 32.7 Å². The number of esters is 1. The smallest absolute Gasteiger partial charge is 0.306 e. The Morgan fingerprint density at radius 2 is 1.67 bits per heavy atom. The Kier molecular flexibility index (Phi) is 8.15. The monoisotopic (exact) mass is 567 g/mol. The number of nitrogens with zero attached hydrogens (tertiary/aromatic N) is 1. The summed E-state index contributed by atoms with van der Waals surface area (Å²) in [5, 5.41) is 1.15. The molecule has 0 unspecified atom stereocenters. The van der Waals surface area contributed by atoms with Gasteiger partial charge in [0.05, 0.1) is 44.2 Å². The Balaban J connectivity index is 1.80. The van der Waals surface area contributed by atoms with Crippen LogP contribution in [0.4, 0.5) is 0 Å². The first-order valence-electron chi connectivity index (χ1n) is 13.7. The van der Waals surface area contributed by atoms with Crippen LogP contribution >= 0.6 is 0 Å². The summed E-state index contributed by atoms with van der Waals surface area (Å²) in [6, 6.07) is 19.9. The fourth-order valence-corrected chi connectivity index (χ4v) is 5.44. The second kappa shape index (κ2) is 11.9. The molecular weight excluding hydrogens is 534 g/mol. The summed E-state index contributed by atoms with van der Waals surface area (Å²) < 4.78 is 24.0. The van der Waals surface area contributed by atoms with Gasteiger partial charge < -0.3 is 23.2 Å². The van der Waals surface area contributed by atoms with E-state index >= 15 is 0 Å². The molecular formula is C34H33NO7. The molecule has 0 aliphatic rings. The summed E-state index contributed by atoms with van der Waals surface area (Å²) in [7, 11) is 4.38. The molecule has 3 aromatic carbocycles. The minimum atomic E-state index is -0.818. The molecule has 0 amide bonds. The van der Waals surface area contributed by atoms with E-state index < -0.39 is 11.9 Å². The topological polar surface area (TPSA) is 97.0 Å². The summed E-state index contributed by atoms with van der Waals surface area (Å²) in [4.78, 5) is 40.8. The second-order valence-corrected chi connectivity index (χ2v) is 10.6. The van der Waals surface area contributed by atoms with Crippen molar-refractivity contribution >= 4 is 27.8 Å². The molecule has 216 valence electrons. The Hall–Kier alpha value is -4.85. The molecule has 0 fully saturated rings. The van der Waals surface area contributed by atoms with Crippen LogP contribution < -0.4 is 20.5 Å². The van der Waals surface area contributed by atoms with Crippen molar-refractivity contribution < 1.29 is 23.4 Å². The SMILES string of the molecule is COC(=O)C[C@@H](c1cc2ccccc2n(CC(C)C)c1=O)c1c(OC)ccc2c(=O)c(-c3ccc(OC)cc3)coc12. The molecule has 8 nitrogen and oxygen atoms in total. The van der Waals surface area contributed by atoms with Gasteiger partial charge in [-0.05, 0) is 53.3 Å². The van der Waals surface area contributed by atoms with Crippen LogP contribution in [0.25, 0.3) is 33.0 Å². The lowest BCUT2D eigenvalue weighted by Gasteiger charge is -2.22. The third kappa shape index (κ3) is 5.28. The van der Waals surface area contributed by atoms with Gasteiger partial charge in [-0.2, -0.15) is 0 Å². The first-order valence-corrected chi connectivity index (χ1v) is 13.7. The highest BCUT2D eigenvalue weighted by Crippen LogP contribution is 2.39. The maximum Gasteiger partial charge on any atom is 0.306 e. The molecule has 0 spiro atoms. The average Bonchev–Trinajstić information content (AvgIpc) is 3.00. The van der Waals surface area contributed by atoms with Crippen molar-refractivity contribution in [1.29, 1.82) is 0 Å². The maximum absolute atomic E-state index is 14.2. The van der Waals surface area contributed by atoms with Crippen molar-refractivity contribution in [2.75, 3.05) is 21.3 Å². The van der Waals surface area contributed by atoms with Crippen molar-refractivity contribution in [2.24, 2.45) is 5.92 Å². The Morgan fingerprint density at radius 3 is 2.33 bits per heavy atom. The van der Waals surface area contributed by atoms with Crippen LogP contribution in [0.1, 0.15) is 37.3 Å². The molecule has 0 N–H and O–H groups in total. The highest BCUT2D eigenvalue weighted by atomic mass is 16.5. The third-order valence-electron chi connectivity index (χ3n) is 7.46. The van der Waals surface area contributed by atoms with E-state index in [1.165, 1.54) is 20.5 Å². The van der Waals surface area contributed by atoms with E-state index in [0.717, 1.165) is 10.9 Å². The van der Waals surface area contributed by atoms with Gasteiger partial charge in [-0.3, -0.25) is 14.4 Å². The van der Waals surface area contributed by atoms with Gasteiger partial charge in [-0.25, -0.2) is 0 Å². The van der Waals surface area contributed by atoms with Crippen LogP contribution in [0.15, 0.2) is 87.0 Å². The average molecular weight is 568 g/mol. The number of hydrogen-bond acceptors (Lipinski definition) is 7. The van der Waals surface area contributed by atoms with Gasteiger partial charge in [0.15, 0.2) is 0 Å². The minimum Gasteiger partial charge on any atom is -0.497 e. The van der Waals surface area contributed by atoms with E-state index in [1.54, 1.807) is 48.1 Å². The fourth-order valence-electron chi connectivity index (χ4n) is 5.44. The van der Waals surface area contributed by atoms with Gasteiger partial charge in [0.25, 0.3) is 5.56 Å². The third-order valence-corrected chi connectivity index (χ3v) is 7.46. The first kappa shape index (κ1) is 28.7. The van der Waals surface area contributed by atoms with Crippen LogP contribution in [0, 0.1) is 5.92 Å². The lowest BCUT2D eigenvalue weighted by Crippen LogP contribution is -2.29. The molecule has 0 bridgehead atoms. The zero-order chi connectivity index (χ0) is 30.0. The summed E-state index contributed by atoms with van der Waals surface area (Å²) >= 11 is 0. The Labute approximate surface area is 243 Å². The number of benzene rings is 3. The van der Waals surface area contributed by atoms with Crippen molar-refractivity contribution in [3.8, 4) is 22.6 Å². The van der Waals surface area contributed by atoms with Crippen LogP contribution in [-0.4, -0.2) is 31.9 Å². The number of methoxy groups -OCH3 is 3. The molecule has 0 radical (unpaired) electrons. The van der Waals surface area contributed by atoms with E-state index in [4.69, 9.17) is 18.6 Å². The molecule has 0 saturated carbocycles. The molecule has 0 saturated heterocycles. The molecule has 2 heterocycles. The first-order chi connectivity index (χ1) is 20.3. The summed E-state index contributed by atoms with van der Waals surface area (Å²) in [6.45, 7) is 4.58. The lowest BCUT2D eigenvalue weighted by molar-refractivity contribution is -0.140. The summed E-state index contributed by atoms with van der Waals surface area (Å²) in [6.07, 6.45) is 1.24. The Bertz CT molecular complexity index is 1880. The number of para-hydroxylation sites is 1. The standard InChI is InChI=1S/C34H33NO7/c1-20(2)18-35-28-9-7-6-8-22(28)16-26(34(35)38)25(17-30(36)41-5)31-29(40-4)15-14-24-32(37)27(19-42-33(24)31)21-10-12-23(39-3)13-11-21/h6-16,19-20,25H,17-18H2,1-5H3/t25-/m0/s1. The number of carbonyl (C=O) groups excluding carboxylic acids is 1. The van der Waals surface area contributed by atoms with Crippen molar-refractivity contribution in [3.63, 3.8) is 0 Å². The lowest BCUT2D eigenvalue weighted by atomic mass is 9.86. The van der Waals surface area contributed by atoms with E-state index in [0.29, 0.717) is 45.7 Å². The van der Waals surface area contributed by atoms with E-state index in [2.05, 4.69) is 0 Å². The van der Waals surface area contributed by atoms with Crippen molar-refractivity contribution in [1.82, 2.24) is 4.57 Å². The zero-order valence-corrected chi connectivity index (χ0v) is 24.3. The number of hydrogen-bond donors (Lipinski definition) is 0. The van der Waals surface area contributed by atoms with Crippen LogP contribution in [0.5, 0.6) is 11.5 Å². The van der Waals surface area contributed by atoms with Crippen LogP contribution in [-0.2, 0) is 16.1 Å². The van der Waals surface area contributed by atoms with Gasteiger partial charge in [0.2, 0.25) is 5.43 Å². The predicted octanol–water partition coefficient (Wildman–Crippen LogP) is 6.14. The summed E-state index contributed by atoms with van der Waals surface area (Å²) in [5.74, 6) is -0.0810. The van der Waals surface area contributed by atoms with Crippen molar-refractivity contribution in [3.05, 3.63) is 105 Å². The van der Waals surface area contributed by atoms with Crippen LogP contribution in [0.3, 0.4) is 0 Å². The van der Waals surface area contributed by atoms with Gasteiger partial charge in [0.1, 0.15) is 23.3 Å². The molecule has 0 aliphatic heterocycles. The molecule has 42 heavy (non-hydrogen) atoms. The number of pyridine rings is 1. The predicted molar refractivity (Wildman–Crippen MR) is 163 cm³/mol. The number of rotatable bonds is 9. The highest BCUT2D eigenvalue weighted by Gasteiger charge is 2.30. The minimum absolute atomic E-state index is 0.162. The van der Waals surface area contributed by atoms with Gasteiger partial charge in [-0.15, -0.1) is 0 Å². The molecule has 2 aromatic heterocycles. The number of fused-ring (bicyclic) bond motifs is 2. The Morgan fingerprint density at radius 1 is 0.929 bits per heavy atom. The molecule has 5 aromatic rings. The molecule has 5 rings (SSSR count). The maximum atomic E-state index is 14.2. The fraction of sp³-hybridized carbons (Fsp3) is 0.265. The normalized spacial score (nSPS) is 12.0.